The molecular weight excluding hydrogens is 386 g/mol. The topological polar surface area (TPSA) is 88.2 Å². The summed E-state index contributed by atoms with van der Waals surface area (Å²) in [7, 11) is 0. The van der Waals surface area contributed by atoms with Crippen LogP contribution in [0, 0.1) is 5.92 Å². The number of rotatable bonds is 5. The number of urea groups is 1. The van der Waals surface area contributed by atoms with Crippen LogP contribution in [0.5, 0.6) is 5.75 Å². The molecule has 1 N–H and O–H groups in total. The summed E-state index contributed by atoms with van der Waals surface area (Å²) in [6, 6.07) is 6.24. The van der Waals surface area contributed by atoms with Gasteiger partial charge in [-0.15, -0.1) is 0 Å². The molecule has 0 saturated carbocycles. The fraction of sp³-hybridized carbons (Fsp3) is 0.500. The molecule has 0 spiro atoms. The number of carbonyl (C=O) groups excluding carboxylic acids is 3. The number of amides is 3. The number of carbonyl (C=O) groups is 3. The van der Waals surface area contributed by atoms with Crippen LogP contribution in [0.25, 0.3) is 0 Å². The summed E-state index contributed by atoms with van der Waals surface area (Å²) in [5.74, 6) is 0.753. The van der Waals surface area contributed by atoms with Crippen molar-refractivity contribution in [1.29, 1.82) is 0 Å². The molecule has 8 heteroatoms. The number of likely N-dealkylation sites (tertiary alicyclic amines) is 1. The van der Waals surface area contributed by atoms with E-state index in [9.17, 15) is 14.4 Å². The maximum atomic E-state index is 12.9. The van der Waals surface area contributed by atoms with E-state index in [1.807, 2.05) is 19.1 Å². The Balaban J connectivity index is 1.56. The lowest BCUT2D eigenvalue weighted by atomic mass is 9.95. The lowest BCUT2D eigenvalue weighted by molar-refractivity contribution is -0.136. The van der Waals surface area contributed by atoms with Gasteiger partial charge in [-0.2, -0.15) is 0 Å². The molecule has 4 rings (SSSR count). The van der Waals surface area contributed by atoms with Crippen molar-refractivity contribution in [3.63, 3.8) is 0 Å². The minimum Gasteiger partial charge on any atom is -0.494 e. The first-order chi connectivity index (χ1) is 14.5. The predicted molar refractivity (Wildman–Crippen MR) is 109 cm³/mol. The number of nitrogens with zero attached hydrogens (tertiary/aromatic N) is 2. The van der Waals surface area contributed by atoms with Crippen LogP contribution < -0.4 is 10.1 Å². The zero-order valence-corrected chi connectivity index (χ0v) is 17.3. The fourth-order valence-electron chi connectivity index (χ4n) is 4.14. The Hall–Kier alpha value is -3.03. The second-order valence-corrected chi connectivity index (χ2v) is 7.97. The first-order valence-corrected chi connectivity index (χ1v) is 10.5. The summed E-state index contributed by atoms with van der Waals surface area (Å²) in [4.78, 5) is 41.3. The maximum absolute atomic E-state index is 12.9. The first-order valence-electron chi connectivity index (χ1n) is 10.5. The molecule has 3 heterocycles. The third-order valence-electron chi connectivity index (χ3n) is 5.95. The van der Waals surface area contributed by atoms with E-state index in [1.54, 1.807) is 17.0 Å². The number of cyclic esters (lactones) is 1. The summed E-state index contributed by atoms with van der Waals surface area (Å²) in [6.45, 7) is 5.95. The lowest BCUT2D eigenvalue weighted by Gasteiger charge is -2.35. The smallest absolute Gasteiger partial charge is 0.338 e. The molecule has 3 aliphatic heterocycles. The zero-order valence-electron chi connectivity index (χ0n) is 17.3. The molecule has 0 aliphatic carbocycles. The molecule has 8 nitrogen and oxygen atoms in total. The Morgan fingerprint density at radius 1 is 1.20 bits per heavy atom. The largest absolute Gasteiger partial charge is 0.494 e. The van der Waals surface area contributed by atoms with Crippen molar-refractivity contribution in [2.45, 2.75) is 32.7 Å². The first kappa shape index (κ1) is 20.3. The third-order valence-corrected chi connectivity index (χ3v) is 5.95. The third kappa shape index (κ3) is 3.86. The summed E-state index contributed by atoms with van der Waals surface area (Å²) in [5, 5.41) is 2.87. The number of ether oxygens (including phenoxy) is 2. The predicted octanol–water partition coefficient (Wildman–Crippen LogP) is 2.22. The number of nitrogens with one attached hydrogen (secondary N) is 1. The lowest BCUT2D eigenvalue weighted by Crippen LogP contribution is -2.51. The average molecular weight is 413 g/mol. The van der Waals surface area contributed by atoms with E-state index >= 15 is 0 Å². The molecule has 1 aromatic carbocycles. The van der Waals surface area contributed by atoms with Gasteiger partial charge in [0.1, 0.15) is 18.9 Å². The Bertz CT molecular complexity index is 871. The zero-order chi connectivity index (χ0) is 21.3. The SMILES string of the molecule is CCOc1ccc(C2NC(=O)N(CC(=O)N3CCC(C)CC3)C3=C2C(=O)OC3)cc1. The van der Waals surface area contributed by atoms with E-state index in [0.717, 1.165) is 24.2 Å². The van der Waals surface area contributed by atoms with Gasteiger partial charge in [0.25, 0.3) is 0 Å². The van der Waals surface area contributed by atoms with E-state index in [1.165, 1.54) is 4.90 Å². The molecular formula is C22H27N3O5. The second-order valence-electron chi connectivity index (χ2n) is 7.97. The molecule has 1 aromatic rings. The van der Waals surface area contributed by atoms with Gasteiger partial charge in [0, 0.05) is 13.1 Å². The Kier molecular flexibility index (Phi) is 5.65. The van der Waals surface area contributed by atoms with Crippen LogP contribution in [0.15, 0.2) is 35.5 Å². The van der Waals surface area contributed by atoms with Gasteiger partial charge in [0.15, 0.2) is 0 Å². The van der Waals surface area contributed by atoms with Gasteiger partial charge in [-0.25, -0.2) is 9.59 Å². The molecule has 1 fully saturated rings. The average Bonchev–Trinajstić information content (AvgIpc) is 3.13. The van der Waals surface area contributed by atoms with Crippen molar-refractivity contribution in [3.05, 3.63) is 41.1 Å². The van der Waals surface area contributed by atoms with E-state index in [4.69, 9.17) is 9.47 Å². The van der Waals surface area contributed by atoms with E-state index in [-0.39, 0.29) is 19.1 Å². The van der Waals surface area contributed by atoms with Crippen molar-refractivity contribution < 1.29 is 23.9 Å². The minimum atomic E-state index is -0.611. The van der Waals surface area contributed by atoms with Crippen LogP contribution in [0.4, 0.5) is 4.79 Å². The number of benzene rings is 1. The molecule has 3 aliphatic rings. The molecule has 3 amide bonds. The van der Waals surface area contributed by atoms with Crippen molar-refractivity contribution >= 4 is 17.9 Å². The van der Waals surface area contributed by atoms with Gasteiger partial charge in [-0.1, -0.05) is 19.1 Å². The normalized spacial score (nSPS) is 22.0. The highest BCUT2D eigenvalue weighted by Gasteiger charge is 2.43. The van der Waals surface area contributed by atoms with Crippen LogP contribution in [0.3, 0.4) is 0 Å². The van der Waals surface area contributed by atoms with Crippen LogP contribution >= 0.6 is 0 Å². The number of esters is 1. The van der Waals surface area contributed by atoms with Gasteiger partial charge in [-0.05, 0) is 43.4 Å². The monoisotopic (exact) mass is 413 g/mol. The van der Waals surface area contributed by atoms with Crippen molar-refractivity contribution in [1.82, 2.24) is 15.1 Å². The van der Waals surface area contributed by atoms with Gasteiger partial charge < -0.3 is 19.7 Å². The Labute approximate surface area is 175 Å². The molecule has 0 bridgehead atoms. The van der Waals surface area contributed by atoms with Crippen molar-refractivity contribution in [2.24, 2.45) is 5.92 Å². The molecule has 0 radical (unpaired) electrons. The molecule has 0 aromatic heterocycles. The highest BCUT2D eigenvalue weighted by atomic mass is 16.5. The number of hydrogen-bond donors (Lipinski definition) is 1. The summed E-state index contributed by atoms with van der Waals surface area (Å²) >= 11 is 0. The van der Waals surface area contributed by atoms with Crippen LogP contribution in [-0.2, 0) is 14.3 Å². The second kappa shape index (κ2) is 8.38. The van der Waals surface area contributed by atoms with Crippen LogP contribution in [0.1, 0.15) is 38.3 Å². The van der Waals surface area contributed by atoms with Gasteiger partial charge in [-0.3, -0.25) is 9.69 Å². The number of piperidine rings is 1. The summed E-state index contributed by atoms with van der Waals surface area (Å²) in [5.41, 5.74) is 1.62. The molecule has 1 unspecified atom stereocenters. The number of hydrogen-bond acceptors (Lipinski definition) is 5. The molecule has 30 heavy (non-hydrogen) atoms. The highest BCUT2D eigenvalue weighted by molar-refractivity contribution is 5.98. The molecule has 1 atom stereocenters. The molecule has 1 saturated heterocycles. The van der Waals surface area contributed by atoms with E-state index in [0.29, 0.717) is 36.9 Å². The quantitative estimate of drug-likeness (QED) is 0.748. The summed E-state index contributed by atoms with van der Waals surface area (Å²) in [6.07, 6.45) is 1.93. The van der Waals surface area contributed by atoms with Gasteiger partial charge in [0.05, 0.1) is 23.9 Å². The van der Waals surface area contributed by atoms with Gasteiger partial charge >= 0.3 is 12.0 Å². The minimum absolute atomic E-state index is 0.000565. The Morgan fingerprint density at radius 2 is 1.90 bits per heavy atom. The highest BCUT2D eigenvalue weighted by Crippen LogP contribution is 2.35. The fourth-order valence-corrected chi connectivity index (χ4v) is 4.14. The standard InChI is InChI=1S/C22H27N3O5/c1-3-29-16-6-4-15(5-7-16)20-19-17(13-30-21(19)27)25(22(28)23-20)12-18(26)24-10-8-14(2)9-11-24/h4-7,14,20H,3,8-13H2,1-2H3,(H,23,28). The van der Waals surface area contributed by atoms with Crippen molar-refractivity contribution in [3.8, 4) is 5.75 Å². The van der Waals surface area contributed by atoms with Crippen LogP contribution in [0.2, 0.25) is 0 Å². The van der Waals surface area contributed by atoms with Crippen molar-refractivity contribution in [2.75, 3.05) is 32.8 Å². The van der Waals surface area contributed by atoms with E-state index < -0.39 is 18.0 Å². The van der Waals surface area contributed by atoms with Gasteiger partial charge in [0.2, 0.25) is 5.91 Å². The van der Waals surface area contributed by atoms with E-state index in [2.05, 4.69) is 12.2 Å². The molecule has 160 valence electrons. The summed E-state index contributed by atoms with van der Waals surface area (Å²) < 4.78 is 10.7. The maximum Gasteiger partial charge on any atom is 0.338 e. The Morgan fingerprint density at radius 3 is 2.57 bits per heavy atom. The van der Waals surface area contributed by atoms with Crippen LogP contribution in [-0.4, -0.2) is 60.6 Å².